The lowest BCUT2D eigenvalue weighted by Gasteiger charge is -2.40. The van der Waals surface area contributed by atoms with Crippen LogP contribution in [0.2, 0.25) is 0 Å². The molecule has 1 fully saturated rings. The molecule has 3 rings (SSSR count). The number of ether oxygens (including phenoxy) is 1. The molecule has 0 aliphatic carbocycles. The molecule has 6 nitrogen and oxygen atoms in total. The van der Waals surface area contributed by atoms with E-state index in [4.69, 9.17) is 10.5 Å². The topological polar surface area (TPSA) is 73.4 Å². The number of hydrogen-bond acceptors (Lipinski definition) is 4. The zero-order chi connectivity index (χ0) is 15.0. The van der Waals surface area contributed by atoms with Crippen LogP contribution in [0.1, 0.15) is 42.9 Å². The van der Waals surface area contributed by atoms with E-state index in [1.165, 1.54) is 0 Å². The van der Waals surface area contributed by atoms with E-state index in [1.54, 1.807) is 0 Å². The molecule has 0 saturated carbocycles. The van der Waals surface area contributed by atoms with Gasteiger partial charge in [-0.3, -0.25) is 14.4 Å². The number of nitrogens with zero attached hydrogens (tertiary/aromatic N) is 3. The standard InChI is InChI=1S/C15H24N4O2/c1-11(2)18-8-12-7-13(14(16)20)17-19(12)10-15(9-18)3-5-21-6-4-15/h7,11H,3-6,8-10H2,1-2H3,(H2,16,20). The highest BCUT2D eigenvalue weighted by molar-refractivity contribution is 5.90. The van der Waals surface area contributed by atoms with Gasteiger partial charge in [-0.15, -0.1) is 0 Å². The van der Waals surface area contributed by atoms with E-state index in [2.05, 4.69) is 23.8 Å². The molecular weight excluding hydrogens is 268 g/mol. The summed E-state index contributed by atoms with van der Waals surface area (Å²) < 4.78 is 7.54. The third-order valence-corrected chi connectivity index (χ3v) is 4.79. The first kappa shape index (κ1) is 14.5. The molecule has 1 aromatic rings. The van der Waals surface area contributed by atoms with Crippen molar-refractivity contribution in [3.05, 3.63) is 17.5 Å². The Morgan fingerprint density at radius 3 is 2.71 bits per heavy atom. The minimum absolute atomic E-state index is 0.189. The largest absolute Gasteiger partial charge is 0.381 e. The molecule has 2 aliphatic rings. The summed E-state index contributed by atoms with van der Waals surface area (Å²) in [5.74, 6) is -0.451. The lowest BCUT2D eigenvalue weighted by atomic mass is 9.79. The Morgan fingerprint density at radius 1 is 1.38 bits per heavy atom. The van der Waals surface area contributed by atoms with Gasteiger partial charge in [0.25, 0.3) is 5.91 Å². The van der Waals surface area contributed by atoms with Crippen molar-refractivity contribution in [2.45, 2.75) is 45.8 Å². The fourth-order valence-electron chi connectivity index (χ4n) is 3.39. The summed E-state index contributed by atoms with van der Waals surface area (Å²) in [4.78, 5) is 13.9. The predicted octanol–water partition coefficient (Wildman–Crippen LogP) is 1.00. The zero-order valence-corrected chi connectivity index (χ0v) is 12.8. The second kappa shape index (κ2) is 5.42. The van der Waals surface area contributed by atoms with Gasteiger partial charge < -0.3 is 10.5 Å². The number of carbonyl (C=O) groups is 1. The van der Waals surface area contributed by atoms with Crippen LogP contribution in [0.3, 0.4) is 0 Å². The maximum Gasteiger partial charge on any atom is 0.269 e. The Balaban J connectivity index is 1.96. The Morgan fingerprint density at radius 2 is 2.10 bits per heavy atom. The average molecular weight is 292 g/mol. The number of amides is 1. The molecule has 1 saturated heterocycles. The van der Waals surface area contributed by atoms with E-state index >= 15 is 0 Å². The molecule has 6 heteroatoms. The summed E-state index contributed by atoms with van der Waals surface area (Å²) >= 11 is 0. The van der Waals surface area contributed by atoms with Gasteiger partial charge in [-0.1, -0.05) is 0 Å². The molecular formula is C15H24N4O2. The van der Waals surface area contributed by atoms with Gasteiger partial charge in [0.2, 0.25) is 0 Å². The third-order valence-electron chi connectivity index (χ3n) is 4.79. The van der Waals surface area contributed by atoms with Crippen LogP contribution in [0.15, 0.2) is 6.07 Å². The second-order valence-corrected chi connectivity index (χ2v) is 6.65. The normalized spacial score (nSPS) is 22.2. The summed E-state index contributed by atoms with van der Waals surface area (Å²) in [6, 6.07) is 2.30. The van der Waals surface area contributed by atoms with Crippen LogP contribution in [0.25, 0.3) is 0 Å². The highest BCUT2D eigenvalue weighted by Crippen LogP contribution is 2.36. The van der Waals surface area contributed by atoms with Crippen LogP contribution in [0.4, 0.5) is 0 Å². The lowest BCUT2D eigenvalue weighted by molar-refractivity contribution is -0.0156. The Hall–Kier alpha value is -1.40. The van der Waals surface area contributed by atoms with Crippen LogP contribution >= 0.6 is 0 Å². The Labute approximate surface area is 125 Å². The van der Waals surface area contributed by atoms with Crippen LogP contribution < -0.4 is 5.73 Å². The summed E-state index contributed by atoms with van der Waals surface area (Å²) in [5, 5.41) is 4.43. The minimum Gasteiger partial charge on any atom is -0.381 e. The third kappa shape index (κ3) is 2.82. The summed E-state index contributed by atoms with van der Waals surface area (Å²) in [6.45, 7) is 8.78. The van der Waals surface area contributed by atoms with E-state index in [0.717, 1.165) is 51.4 Å². The molecule has 1 spiro atoms. The number of rotatable bonds is 2. The number of carbonyl (C=O) groups excluding carboxylic acids is 1. The molecule has 1 aromatic heterocycles. The van der Waals surface area contributed by atoms with E-state index in [0.29, 0.717) is 11.7 Å². The molecule has 0 aromatic carbocycles. The fourth-order valence-corrected chi connectivity index (χ4v) is 3.39. The highest BCUT2D eigenvalue weighted by Gasteiger charge is 2.39. The number of nitrogens with two attached hydrogens (primary N) is 1. The zero-order valence-electron chi connectivity index (χ0n) is 12.8. The molecule has 2 N–H and O–H groups in total. The van der Waals surface area contributed by atoms with Crippen molar-refractivity contribution in [1.29, 1.82) is 0 Å². The first-order valence-electron chi connectivity index (χ1n) is 7.67. The molecule has 2 aliphatic heterocycles. The average Bonchev–Trinajstić information content (AvgIpc) is 2.75. The van der Waals surface area contributed by atoms with Gasteiger partial charge in [0, 0.05) is 44.3 Å². The van der Waals surface area contributed by atoms with Crippen molar-refractivity contribution < 1.29 is 9.53 Å². The maximum absolute atomic E-state index is 11.4. The number of fused-ring (bicyclic) bond motifs is 1. The smallest absolute Gasteiger partial charge is 0.269 e. The molecule has 116 valence electrons. The summed E-state index contributed by atoms with van der Waals surface area (Å²) in [7, 11) is 0. The Kier molecular flexibility index (Phi) is 3.75. The summed E-state index contributed by atoms with van der Waals surface area (Å²) in [5.41, 5.74) is 7.03. The molecule has 0 bridgehead atoms. The summed E-state index contributed by atoms with van der Waals surface area (Å²) in [6.07, 6.45) is 2.09. The van der Waals surface area contributed by atoms with Crippen molar-refractivity contribution in [2.24, 2.45) is 11.1 Å². The van der Waals surface area contributed by atoms with Gasteiger partial charge in [-0.2, -0.15) is 5.10 Å². The van der Waals surface area contributed by atoms with E-state index < -0.39 is 5.91 Å². The maximum atomic E-state index is 11.4. The van der Waals surface area contributed by atoms with E-state index in [1.807, 2.05) is 10.7 Å². The van der Waals surface area contributed by atoms with Crippen molar-refractivity contribution in [3.8, 4) is 0 Å². The fraction of sp³-hybridized carbons (Fsp3) is 0.733. The minimum atomic E-state index is -0.451. The molecule has 0 radical (unpaired) electrons. The van der Waals surface area contributed by atoms with Gasteiger partial charge in [-0.05, 0) is 32.8 Å². The van der Waals surface area contributed by atoms with Crippen LogP contribution in [0, 0.1) is 5.41 Å². The molecule has 3 heterocycles. The quantitative estimate of drug-likeness (QED) is 0.882. The van der Waals surface area contributed by atoms with Gasteiger partial charge in [0.1, 0.15) is 5.69 Å². The molecule has 0 unspecified atom stereocenters. The van der Waals surface area contributed by atoms with Gasteiger partial charge in [0.05, 0.1) is 5.69 Å². The SMILES string of the molecule is CC(C)N1Cc2cc(C(N)=O)nn2CC2(CCOCC2)C1. The van der Waals surface area contributed by atoms with Gasteiger partial charge in [-0.25, -0.2) is 0 Å². The number of primary amides is 1. The lowest BCUT2D eigenvalue weighted by Crippen LogP contribution is -2.44. The van der Waals surface area contributed by atoms with Crippen molar-refractivity contribution >= 4 is 5.91 Å². The van der Waals surface area contributed by atoms with Crippen molar-refractivity contribution in [1.82, 2.24) is 14.7 Å². The molecule has 21 heavy (non-hydrogen) atoms. The number of hydrogen-bond donors (Lipinski definition) is 1. The van der Waals surface area contributed by atoms with E-state index in [-0.39, 0.29) is 5.41 Å². The first-order valence-corrected chi connectivity index (χ1v) is 7.67. The van der Waals surface area contributed by atoms with E-state index in [9.17, 15) is 4.79 Å². The Bertz CT molecular complexity index is 532. The molecule has 1 amide bonds. The van der Waals surface area contributed by atoms with Crippen LogP contribution in [-0.4, -0.2) is 46.4 Å². The van der Waals surface area contributed by atoms with Gasteiger partial charge >= 0.3 is 0 Å². The predicted molar refractivity (Wildman–Crippen MR) is 78.8 cm³/mol. The number of aromatic nitrogens is 2. The second-order valence-electron chi connectivity index (χ2n) is 6.65. The van der Waals surface area contributed by atoms with Crippen molar-refractivity contribution in [3.63, 3.8) is 0 Å². The monoisotopic (exact) mass is 292 g/mol. The van der Waals surface area contributed by atoms with Crippen LogP contribution in [0.5, 0.6) is 0 Å². The van der Waals surface area contributed by atoms with Crippen LogP contribution in [-0.2, 0) is 17.8 Å². The highest BCUT2D eigenvalue weighted by atomic mass is 16.5. The first-order chi connectivity index (χ1) is 9.99. The van der Waals surface area contributed by atoms with Crippen molar-refractivity contribution in [2.75, 3.05) is 19.8 Å². The van der Waals surface area contributed by atoms with Gasteiger partial charge in [0.15, 0.2) is 0 Å². The molecule has 0 atom stereocenters.